The molecule has 4 nitrogen and oxygen atoms in total. The lowest BCUT2D eigenvalue weighted by Crippen LogP contribution is -2.21. The summed E-state index contributed by atoms with van der Waals surface area (Å²) in [4.78, 5) is 0. The summed E-state index contributed by atoms with van der Waals surface area (Å²) in [6, 6.07) is 11.9. The van der Waals surface area contributed by atoms with Crippen molar-refractivity contribution < 1.29 is 9.47 Å². The molecule has 0 amide bonds. The molecular weight excluding hydrogens is 320 g/mol. The van der Waals surface area contributed by atoms with Crippen molar-refractivity contribution in [1.29, 1.82) is 0 Å². The second-order valence-electron chi connectivity index (χ2n) is 5.30. The van der Waals surface area contributed by atoms with Crippen LogP contribution in [0.5, 0.6) is 11.5 Å². The molecule has 0 unspecified atom stereocenters. The highest BCUT2D eigenvalue weighted by molar-refractivity contribution is 7.80. The van der Waals surface area contributed by atoms with Gasteiger partial charge in [0.15, 0.2) is 5.11 Å². The first-order valence-electron chi connectivity index (χ1n) is 8.03. The van der Waals surface area contributed by atoms with Gasteiger partial charge in [0.05, 0.1) is 19.9 Å². The van der Waals surface area contributed by atoms with Gasteiger partial charge in [0.1, 0.15) is 11.5 Å². The molecule has 0 aromatic heterocycles. The Hall–Kier alpha value is -2.27. The topological polar surface area (TPSA) is 42.5 Å². The summed E-state index contributed by atoms with van der Waals surface area (Å²) in [6.07, 6.45) is 1.90. The van der Waals surface area contributed by atoms with Crippen molar-refractivity contribution >= 4 is 28.7 Å². The molecule has 0 aliphatic carbocycles. The van der Waals surface area contributed by atoms with Crippen molar-refractivity contribution in [1.82, 2.24) is 0 Å². The van der Waals surface area contributed by atoms with E-state index in [2.05, 4.69) is 42.7 Å². The summed E-state index contributed by atoms with van der Waals surface area (Å²) in [5, 5.41) is 7.08. The highest BCUT2D eigenvalue weighted by Gasteiger charge is 2.10. The van der Waals surface area contributed by atoms with Crippen LogP contribution >= 0.6 is 12.2 Å². The van der Waals surface area contributed by atoms with Gasteiger partial charge < -0.3 is 20.1 Å². The minimum Gasteiger partial charge on any atom is -0.497 e. The summed E-state index contributed by atoms with van der Waals surface area (Å²) in [5.74, 6) is 1.42. The van der Waals surface area contributed by atoms with E-state index >= 15 is 0 Å². The van der Waals surface area contributed by atoms with Gasteiger partial charge in [-0.2, -0.15) is 0 Å². The summed E-state index contributed by atoms with van der Waals surface area (Å²) in [5.41, 5.74) is 4.38. The average Bonchev–Trinajstić information content (AvgIpc) is 2.62. The number of para-hydroxylation sites is 1. The zero-order chi connectivity index (χ0) is 17.5. The molecule has 128 valence electrons. The Kier molecular flexibility index (Phi) is 6.44. The first-order valence-corrected chi connectivity index (χ1v) is 8.44. The second kappa shape index (κ2) is 8.55. The van der Waals surface area contributed by atoms with Crippen molar-refractivity contribution in [3.05, 3.63) is 47.5 Å². The van der Waals surface area contributed by atoms with Crippen LogP contribution in [0.25, 0.3) is 0 Å². The average molecular weight is 344 g/mol. The van der Waals surface area contributed by atoms with Gasteiger partial charge in [-0.05, 0) is 48.3 Å². The van der Waals surface area contributed by atoms with Gasteiger partial charge in [0.2, 0.25) is 0 Å². The minimum atomic E-state index is 0.536. The van der Waals surface area contributed by atoms with E-state index in [0.29, 0.717) is 10.9 Å². The predicted molar refractivity (Wildman–Crippen MR) is 105 cm³/mol. The van der Waals surface area contributed by atoms with Gasteiger partial charge in [-0.25, -0.2) is 0 Å². The molecule has 2 N–H and O–H groups in total. The summed E-state index contributed by atoms with van der Waals surface area (Å²) >= 11 is 5.49. The monoisotopic (exact) mass is 344 g/mol. The van der Waals surface area contributed by atoms with Crippen molar-refractivity contribution in [3.63, 3.8) is 0 Å². The number of nitrogens with one attached hydrogen (secondary N) is 2. The van der Waals surface area contributed by atoms with Crippen LogP contribution in [0.2, 0.25) is 0 Å². The fourth-order valence-electron chi connectivity index (χ4n) is 2.57. The number of aryl methyl sites for hydroxylation is 2. The van der Waals surface area contributed by atoms with E-state index in [0.717, 1.165) is 30.0 Å². The summed E-state index contributed by atoms with van der Waals surface area (Å²) < 4.78 is 10.6. The number of anilines is 2. The molecule has 0 spiro atoms. The van der Waals surface area contributed by atoms with Crippen LogP contribution in [0.1, 0.15) is 25.0 Å². The number of ether oxygens (including phenoxy) is 2. The third-order valence-electron chi connectivity index (χ3n) is 3.89. The Labute approximate surface area is 149 Å². The lowest BCUT2D eigenvalue weighted by Gasteiger charge is -2.18. The van der Waals surface area contributed by atoms with E-state index < -0.39 is 0 Å². The van der Waals surface area contributed by atoms with Gasteiger partial charge in [-0.1, -0.05) is 32.0 Å². The molecule has 0 saturated heterocycles. The fraction of sp³-hybridized carbons (Fsp3) is 0.316. The van der Waals surface area contributed by atoms with Crippen LogP contribution in [-0.2, 0) is 12.8 Å². The van der Waals surface area contributed by atoms with E-state index in [1.165, 1.54) is 11.1 Å². The largest absolute Gasteiger partial charge is 0.497 e. The summed E-state index contributed by atoms with van der Waals surface area (Å²) in [7, 11) is 3.25. The Balaban J connectivity index is 2.20. The zero-order valence-electron chi connectivity index (χ0n) is 14.6. The maximum atomic E-state index is 5.49. The Bertz CT molecular complexity index is 694. The number of hydrogen-bond acceptors (Lipinski definition) is 3. The molecule has 0 aliphatic rings. The fourth-order valence-corrected chi connectivity index (χ4v) is 2.78. The number of methoxy groups -OCH3 is 2. The van der Waals surface area contributed by atoms with Gasteiger partial charge in [0.25, 0.3) is 0 Å². The van der Waals surface area contributed by atoms with Crippen molar-refractivity contribution in [2.75, 3.05) is 24.9 Å². The second-order valence-corrected chi connectivity index (χ2v) is 5.71. The molecule has 2 aromatic rings. The molecule has 0 fully saturated rings. The minimum absolute atomic E-state index is 0.536. The smallest absolute Gasteiger partial charge is 0.175 e. The molecule has 0 atom stereocenters. The maximum Gasteiger partial charge on any atom is 0.175 e. The van der Waals surface area contributed by atoms with Crippen LogP contribution in [0.4, 0.5) is 11.4 Å². The van der Waals surface area contributed by atoms with E-state index in [4.69, 9.17) is 21.7 Å². The van der Waals surface area contributed by atoms with Crippen LogP contribution in [0, 0.1) is 0 Å². The molecule has 0 radical (unpaired) electrons. The molecule has 2 aromatic carbocycles. The maximum absolute atomic E-state index is 5.49. The number of thiocarbonyl (C=S) groups is 1. The molecule has 24 heavy (non-hydrogen) atoms. The zero-order valence-corrected chi connectivity index (χ0v) is 15.4. The van der Waals surface area contributed by atoms with Crippen LogP contribution in [-0.4, -0.2) is 19.3 Å². The Morgan fingerprint density at radius 2 is 1.62 bits per heavy atom. The Morgan fingerprint density at radius 1 is 0.958 bits per heavy atom. The van der Waals surface area contributed by atoms with Crippen molar-refractivity contribution in [3.8, 4) is 11.5 Å². The lowest BCUT2D eigenvalue weighted by atomic mass is 10.0. The first-order chi connectivity index (χ1) is 11.6. The normalized spacial score (nSPS) is 10.2. The molecule has 5 heteroatoms. The quantitative estimate of drug-likeness (QED) is 0.748. The standard InChI is InChI=1S/C19H24N2O2S/c1-5-13-8-7-9-14(6-2)18(13)21-19(24)20-16-11-10-15(22-3)12-17(16)23-4/h7-12H,5-6H2,1-4H3,(H2,20,21,24). The van der Waals surface area contributed by atoms with Crippen molar-refractivity contribution in [2.24, 2.45) is 0 Å². The van der Waals surface area contributed by atoms with E-state index in [9.17, 15) is 0 Å². The molecule has 0 saturated carbocycles. The number of hydrogen-bond donors (Lipinski definition) is 2. The summed E-state index contributed by atoms with van der Waals surface area (Å²) in [6.45, 7) is 4.28. The van der Waals surface area contributed by atoms with Crippen molar-refractivity contribution in [2.45, 2.75) is 26.7 Å². The molecule has 0 bridgehead atoms. The van der Waals surface area contributed by atoms with Gasteiger partial charge >= 0.3 is 0 Å². The van der Waals surface area contributed by atoms with Crippen LogP contribution < -0.4 is 20.1 Å². The van der Waals surface area contributed by atoms with Gasteiger partial charge in [0, 0.05) is 11.8 Å². The molecular formula is C19H24N2O2S. The van der Waals surface area contributed by atoms with E-state index in [-0.39, 0.29) is 0 Å². The van der Waals surface area contributed by atoms with Crippen LogP contribution in [0.15, 0.2) is 36.4 Å². The van der Waals surface area contributed by atoms with E-state index in [1.807, 2.05) is 18.2 Å². The van der Waals surface area contributed by atoms with Gasteiger partial charge in [-0.15, -0.1) is 0 Å². The number of benzene rings is 2. The van der Waals surface area contributed by atoms with E-state index in [1.54, 1.807) is 14.2 Å². The third kappa shape index (κ3) is 4.17. The lowest BCUT2D eigenvalue weighted by molar-refractivity contribution is 0.395. The highest BCUT2D eigenvalue weighted by atomic mass is 32.1. The predicted octanol–water partition coefficient (Wildman–Crippen LogP) is 4.64. The highest BCUT2D eigenvalue weighted by Crippen LogP contribution is 2.29. The molecule has 0 heterocycles. The first kappa shape index (κ1) is 18.1. The van der Waals surface area contributed by atoms with Crippen LogP contribution in [0.3, 0.4) is 0 Å². The molecule has 2 rings (SSSR count). The SMILES string of the molecule is CCc1cccc(CC)c1NC(=S)Nc1ccc(OC)cc1OC. The molecule has 0 aliphatic heterocycles. The third-order valence-corrected chi connectivity index (χ3v) is 4.10. The Morgan fingerprint density at radius 3 is 2.17 bits per heavy atom. The van der Waals surface area contributed by atoms with Gasteiger partial charge in [-0.3, -0.25) is 0 Å². The number of rotatable bonds is 6.